The molecule has 0 bridgehead atoms. The maximum atomic E-state index is 12.1. The Bertz CT molecular complexity index is 572. The van der Waals surface area contributed by atoms with Gasteiger partial charge in [-0.25, -0.2) is 0 Å². The van der Waals surface area contributed by atoms with E-state index in [1.54, 1.807) is 25.1 Å². The van der Waals surface area contributed by atoms with Crippen LogP contribution in [0.15, 0.2) is 43.5 Å². The van der Waals surface area contributed by atoms with Gasteiger partial charge in [-0.3, -0.25) is 14.5 Å². The van der Waals surface area contributed by atoms with Gasteiger partial charge in [0.25, 0.3) is 0 Å². The molecule has 0 aromatic heterocycles. The second-order valence-corrected chi connectivity index (χ2v) is 5.25. The Morgan fingerprint density at radius 1 is 1.13 bits per heavy atom. The van der Waals surface area contributed by atoms with Crippen LogP contribution < -0.4 is 10.6 Å². The number of benzene rings is 1. The van der Waals surface area contributed by atoms with E-state index in [4.69, 9.17) is 0 Å². The number of aryl methyl sites for hydroxylation is 1. The first kappa shape index (κ1) is 18.6. The third-order valence-electron chi connectivity index (χ3n) is 3.26. The van der Waals surface area contributed by atoms with Gasteiger partial charge < -0.3 is 10.6 Å². The molecular weight excluding hydrogens is 290 g/mol. The molecular formula is C18H25N3O2. The van der Waals surface area contributed by atoms with Gasteiger partial charge in [0.05, 0.1) is 6.54 Å². The quantitative estimate of drug-likeness (QED) is 0.689. The third-order valence-corrected chi connectivity index (χ3v) is 3.26. The van der Waals surface area contributed by atoms with E-state index in [2.05, 4.69) is 23.8 Å². The number of amides is 2. The summed E-state index contributed by atoms with van der Waals surface area (Å²) >= 11 is 0. The molecule has 0 spiro atoms. The molecule has 2 amide bonds. The maximum absolute atomic E-state index is 12.1. The molecule has 124 valence electrons. The lowest BCUT2D eigenvalue weighted by Gasteiger charge is -2.18. The van der Waals surface area contributed by atoms with Gasteiger partial charge in [-0.1, -0.05) is 25.1 Å². The Morgan fingerprint density at radius 3 is 2.35 bits per heavy atom. The van der Waals surface area contributed by atoms with E-state index in [0.29, 0.717) is 30.9 Å². The fourth-order valence-electron chi connectivity index (χ4n) is 2.05. The van der Waals surface area contributed by atoms with E-state index >= 15 is 0 Å². The van der Waals surface area contributed by atoms with Crippen molar-refractivity contribution in [2.45, 2.75) is 20.3 Å². The SMILES string of the molecule is C=CCN(CC=C)CC(=O)Nc1ccc(C)c(NC(=O)CC)c1. The van der Waals surface area contributed by atoms with Crippen LogP contribution in [0.2, 0.25) is 0 Å². The van der Waals surface area contributed by atoms with Crippen molar-refractivity contribution in [2.24, 2.45) is 0 Å². The normalized spacial score (nSPS) is 10.2. The first-order chi connectivity index (χ1) is 11.0. The summed E-state index contributed by atoms with van der Waals surface area (Å²) in [5.41, 5.74) is 2.32. The van der Waals surface area contributed by atoms with E-state index in [0.717, 1.165) is 5.56 Å². The lowest BCUT2D eigenvalue weighted by Crippen LogP contribution is -2.33. The summed E-state index contributed by atoms with van der Waals surface area (Å²) in [6, 6.07) is 5.46. The lowest BCUT2D eigenvalue weighted by molar-refractivity contribution is -0.117. The maximum Gasteiger partial charge on any atom is 0.238 e. The van der Waals surface area contributed by atoms with E-state index < -0.39 is 0 Å². The summed E-state index contributed by atoms with van der Waals surface area (Å²) in [6.45, 7) is 12.6. The molecule has 0 aliphatic carbocycles. The standard InChI is InChI=1S/C18H25N3O2/c1-5-10-21(11-6-2)13-18(23)19-15-9-8-14(4)16(12-15)20-17(22)7-3/h5-6,8-9,12H,1-2,7,10-11,13H2,3-4H3,(H,19,23)(H,20,22). The van der Waals surface area contributed by atoms with Crippen LogP contribution in [-0.4, -0.2) is 36.3 Å². The second-order valence-electron chi connectivity index (χ2n) is 5.25. The minimum atomic E-state index is -0.120. The molecule has 0 fully saturated rings. The Hall–Kier alpha value is -2.40. The van der Waals surface area contributed by atoms with Crippen LogP contribution in [0.5, 0.6) is 0 Å². The molecule has 0 saturated carbocycles. The average molecular weight is 315 g/mol. The van der Waals surface area contributed by atoms with Crippen LogP contribution in [0.1, 0.15) is 18.9 Å². The largest absolute Gasteiger partial charge is 0.326 e. The minimum absolute atomic E-state index is 0.0558. The highest BCUT2D eigenvalue weighted by atomic mass is 16.2. The molecule has 5 heteroatoms. The Morgan fingerprint density at radius 2 is 1.78 bits per heavy atom. The van der Waals surface area contributed by atoms with E-state index in [9.17, 15) is 9.59 Å². The van der Waals surface area contributed by atoms with Crippen LogP contribution in [0.25, 0.3) is 0 Å². The third kappa shape index (κ3) is 6.48. The van der Waals surface area contributed by atoms with Crippen molar-refractivity contribution in [3.63, 3.8) is 0 Å². The van der Waals surface area contributed by atoms with E-state index in [1.807, 2.05) is 24.0 Å². The number of rotatable bonds is 9. The van der Waals surface area contributed by atoms with E-state index in [-0.39, 0.29) is 18.4 Å². The molecule has 0 unspecified atom stereocenters. The van der Waals surface area contributed by atoms with Gasteiger partial charge in [0.2, 0.25) is 11.8 Å². The van der Waals surface area contributed by atoms with Crippen LogP contribution in [0.3, 0.4) is 0 Å². The van der Waals surface area contributed by atoms with Crippen LogP contribution in [-0.2, 0) is 9.59 Å². The highest BCUT2D eigenvalue weighted by Crippen LogP contribution is 2.20. The van der Waals surface area contributed by atoms with Crippen molar-refractivity contribution in [1.82, 2.24) is 4.90 Å². The molecule has 5 nitrogen and oxygen atoms in total. The zero-order valence-electron chi connectivity index (χ0n) is 13.9. The molecule has 0 atom stereocenters. The predicted octanol–water partition coefficient (Wildman–Crippen LogP) is 2.96. The first-order valence-corrected chi connectivity index (χ1v) is 7.64. The predicted molar refractivity (Wildman–Crippen MR) is 95.6 cm³/mol. The zero-order chi connectivity index (χ0) is 17.2. The van der Waals surface area contributed by atoms with Crippen molar-refractivity contribution >= 4 is 23.2 Å². The number of anilines is 2. The van der Waals surface area contributed by atoms with Gasteiger partial charge in [-0.15, -0.1) is 13.2 Å². The summed E-state index contributed by atoms with van der Waals surface area (Å²) < 4.78 is 0. The molecule has 2 N–H and O–H groups in total. The topological polar surface area (TPSA) is 61.4 Å². The summed E-state index contributed by atoms with van der Waals surface area (Å²) in [5.74, 6) is -0.176. The summed E-state index contributed by atoms with van der Waals surface area (Å²) in [6.07, 6.45) is 3.91. The highest BCUT2D eigenvalue weighted by molar-refractivity contribution is 5.95. The fourth-order valence-corrected chi connectivity index (χ4v) is 2.05. The molecule has 23 heavy (non-hydrogen) atoms. The van der Waals surface area contributed by atoms with Gasteiger partial charge in [-0.05, 0) is 24.6 Å². The summed E-state index contributed by atoms with van der Waals surface area (Å²) in [7, 11) is 0. The Labute approximate surface area is 138 Å². The molecule has 0 heterocycles. The number of carbonyl (C=O) groups excluding carboxylic acids is 2. The Balaban J connectivity index is 2.73. The van der Waals surface area contributed by atoms with Crippen molar-refractivity contribution in [3.05, 3.63) is 49.1 Å². The van der Waals surface area contributed by atoms with Gasteiger partial charge in [0.15, 0.2) is 0 Å². The monoisotopic (exact) mass is 315 g/mol. The van der Waals surface area contributed by atoms with Gasteiger partial charge >= 0.3 is 0 Å². The molecule has 1 aromatic carbocycles. The minimum Gasteiger partial charge on any atom is -0.326 e. The molecule has 0 aliphatic heterocycles. The highest BCUT2D eigenvalue weighted by Gasteiger charge is 2.10. The van der Waals surface area contributed by atoms with Crippen LogP contribution in [0.4, 0.5) is 11.4 Å². The van der Waals surface area contributed by atoms with Crippen LogP contribution in [0, 0.1) is 6.92 Å². The number of hydrogen-bond donors (Lipinski definition) is 2. The van der Waals surface area contributed by atoms with Gasteiger partial charge in [0, 0.05) is 30.9 Å². The van der Waals surface area contributed by atoms with Gasteiger partial charge in [0.1, 0.15) is 0 Å². The fraction of sp³-hybridized carbons (Fsp3) is 0.333. The van der Waals surface area contributed by atoms with Gasteiger partial charge in [-0.2, -0.15) is 0 Å². The van der Waals surface area contributed by atoms with Crippen molar-refractivity contribution in [2.75, 3.05) is 30.3 Å². The molecule has 1 rings (SSSR count). The zero-order valence-corrected chi connectivity index (χ0v) is 13.9. The van der Waals surface area contributed by atoms with Crippen molar-refractivity contribution < 1.29 is 9.59 Å². The first-order valence-electron chi connectivity index (χ1n) is 7.64. The van der Waals surface area contributed by atoms with Crippen molar-refractivity contribution in [1.29, 1.82) is 0 Å². The second kappa shape index (κ2) is 9.58. The number of nitrogens with one attached hydrogen (secondary N) is 2. The summed E-state index contributed by atoms with van der Waals surface area (Å²) in [5, 5.41) is 5.68. The summed E-state index contributed by atoms with van der Waals surface area (Å²) in [4.78, 5) is 25.6. The number of hydrogen-bond acceptors (Lipinski definition) is 3. The Kier molecular flexibility index (Phi) is 7.77. The molecule has 0 saturated heterocycles. The lowest BCUT2D eigenvalue weighted by atomic mass is 10.1. The van der Waals surface area contributed by atoms with Crippen molar-refractivity contribution in [3.8, 4) is 0 Å². The van der Waals surface area contributed by atoms with E-state index in [1.165, 1.54) is 0 Å². The molecule has 1 aromatic rings. The number of carbonyl (C=O) groups is 2. The number of nitrogens with zero attached hydrogens (tertiary/aromatic N) is 1. The molecule has 0 aliphatic rings. The average Bonchev–Trinajstić information content (AvgIpc) is 2.51. The molecule has 0 radical (unpaired) electrons. The smallest absolute Gasteiger partial charge is 0.238 e. The van der Waals surface area contributed by atoms with Crippen LogP contribution >= 0.6 is 0 Å².